The van der Waals surface area contributed by atoms with E-state index < -0.39 is 5.97 Å². The molecule has 0 aliphatic rings. The highest BCUT2D eigenvalue weighted by molar-refractivity contribution is 7.07. The minimum Gasteiger partial charge on any atom is -0.478 e. The van der Waals surface area contributed by atoms with Gasteiger partial charge in [-0.1, -0.05) is 35.6 Å². The molecule has 86 valence electrons. The van der Waals surface area contributed by atoms with E-state index in [9.17, 15) is 9.59 Å². The van der Waals surface area contributed by atoms with Crippen molar-refractivity contribution in [2.45, 2.75) is 0 Å². The van der Waals surface area contributed by atoms with Crippen molar-refractivity contribution in [2.75, 3.05) is 0 Å². The molecule has 0 bridgehead atoms. The Hall–Kier alpha value is -2.14. The van der Waals surface area contributed by atoms with E-state index in [1.54, 1.807) is 17.5 Å². The molecule has 1 aromatic carbocycles. The Morgan fingerprint density at radius 2 is 2.00 bits per heavy atom. The van der Waals surface area contributed by atoms with Crippen LogP contribution in [0.1, 0.15) is 5.56 Å². The zero-order chi connectivity index (χ0) is 12.3. The van der Waals surface area contributed by atoms with Crippen LogP contribution in [0.3, 0.4) is 0 Å². The van der Waals surface area contributed by atoms with E-state index >= 15 is 0 Å². The van der Waals surface area contributed by atoms with Crippen LogP contribution in [0.25, 0.3) is 17.3 Å². The molecule has 0 unspecified atom stereocenters. The van der Waals surface area contributed by atoms with Crippen LogP contribution in [0.2, 0.25) is 0 Å². The standard InChI is InChI=1S/C12H9NO3S/c14-11(15)6-3-8-1-4-9(5-2-8)10-7-17-12(16)13-10/h1-7H,(H,13,16)(H,14,15). The summed E-state index contributed by atoms with van der Waals surface area (Å²) in [4.78, 5) is 24.0. The molecule has 1 aromatic heterocycles. The lowest BCUT2D eigenvalue weighted by molar-refractivity contribution is -0.131. The third kappa shape index (κ3) is 2.92. The first kappa shape index (κ1) is 11.3. The van der Waals surface area contributed by atoms with Gasteiger partial charge in [-0.15, -0.1) is 0 Å². The molecule has 0 amide bonds. The number of aromatic nitrogens is 1. The van der Waals surface area contributed by atoms with Crippen molar-refractivity contribution in [3.63, 3.8) is 0 Å². The molecule has 0 atom stereocenters. The summed E-state index contributed by atoms with van der Waals surface area (Å²) in [6, 6.07) is 7.26. The fraction of sp³-hybridized carbons (Fsp3) is 0. The number of benzene rings is 1. The third-order valence-electron chi connectivity index (χ3n) is 2.16. The minimum absolute atomic E-state index is 0.0881. The number of nitrogens with one attached hydrogen (secondary N) is 1. The molecular weight excluding hydrogens is 238 g/mol. The Bertz CT molecular complexity index is 607. The summed E-state index contributed by atoms with van der Waals surface area (Å²) in [6.07, 6.45) is 2.60. The van der Waals surface area contributed by atoms with Gasteiger partial charge in [0, 0.05) is 11.5 Å². The number of aliphatic carboxylic acids is 1. The normalized spacial score (nSPS) is 10.8. The summed E-state index contributed by atoms with van der Waals surface area (Å²) in [5.41, 5.74) is 2.47. The summed E-state index contributed by atoms with van der Waals surface area (Å²) in [6.45, 7) is 0. The maximum absolute atomic E-state index is 11.0. The number of carboxylic acids is 1. The molecule has 4 nitrogen and oxygen atoms in total. The molecule has 0 saturated carbocycles. The van der Waals surface area contributed by atoms with Gasteiger partial charge < -0.3 is 10.1 Å². The SMILES string of the molecule is O=C(O)C=Cc1ccc(-c2csc(=O)[nH]2)cc1. The molecule has 5 heteroatoms. The molecule has 2 rings (SSSR count). The van der Waals surface area contributed by atoms with E-state index in [4.69, 9.17) is 5.11 Å². The van der Waals surface area contributed by atoms with E-state index in [1.807, 2.05) is 12.1 Å². The van der Waals surface area contributed by atoms with Gasteiger partial charge in [0.05, 0.1) is 5.69 Å². The quantitative estimate of drug-likeness (QED) is 0.817. The molecular formula is C12H9NO3S. The molecule has 0 aliphatic carbocycles. The van der Waals surface area contributed by atoms with Gasteiger partial charge in [0.15, 0.2) is 0 Å². The third-order valence-corrected chi connectivity index (χ3v) is 2.83. The number of aromatic amines is 1. The summed E-state index contributed by atoms with van der Waals surface area (Å²) < 4.78 is 0. The van der Waals surface area contributed by atoms with Gasteiger partial charge in [-0.3, -0.25) is 4.79 Å². The fourth-order valence-electron chi connectivity index (χ4n) is 1.36. The molecule has 0 aliphatic heterocycles. The number of carboxylic acid groups (broad SMARTS) is 1. The highest BCUT2D eigenvalue weighted by Crippen LogP contribution is 2.18. The molecule has 0 saturated heterocycles. The highest BCUT2D eigenvalue weighted by atomic mass is 32.1. The first-order chi connectivity index (χ1) is 8.15. The number of rotatable bonds is 3. The maximum Gasteiger partial charge on any atom is 0.328 e. The molecule has 0 spiro atoms. The van der Waals surface area contributed by atoms with Crippen molar-refractivity contribution < 1.29 is 9.90 Å². The Morgan fingerprint density at radius 1 is 1.29 bits per heavy atom. The van der Waals surface area contributed by atoms with Gasteiger partial charge in [0.2, 0.25) is 0 Å². The summed E-state index contributed by atoms with van der Waals surface area (Å²) >= 11 is 1.11. The Balaban J connectivity index is 2.24. The lowest BCUT2D eigenvalue weighted by Gasteiger charge is -1.97. The Morgan fingerprint density at radius 3 is 2.53 bits per heavy atom. The summed E-state index contributed by atoms with van der Waals surface area (Å²) in [5, 5.41) is 10.2. The largest absolute Gasteiger partial charge is 0.478 e. The van der Waals surface area contributed by atoms with Gasteiger partial charge in [0.25, 0.3) is 0 Å². The molecule has 0 fully saturated rings. The van der Waals surface area contributed by atoms with E-state index in [2.05, 4.69) is 4.98 Å². The molecule has 1 heterocycles. The van der Waals surface area contributed by atoms with Crippen molar-refractivity contribution in [3.05, 3.63) is 51.0 Å². The van der Waals surface area contributed by atoms with Crippen LogP contribution in [0, 0.1) is 0 Å². The van der Waals surface area contributed by atoms with Crippen molar-refractivity contribution in [2.24, 2.45) is 0 Å². The molecule has 0 radical (unpaired) electrons. The first-order valence-electron chi connectivity index (χ1n) is 4.84. The number of hydrogen-bond donors (Lipinski definition) is 2. The Labute approximate surface area is 101 Å². The van der Waals surface area contributed by atoms with Gasteiger partial charge in [0.1, 0.15) is 0 Å². The zero-order valence-electron chi connectivity index (χ0n) is 8.71. The van der Waals surface area contributed by atoms with E-state index in [1.165, 1.54) is 6.08 Å². The van der Waals surface area contributed by atoms with Crippen LogP contribution in [0.15, 0.2) is 40.5 Å². The van der Waals surface area contributed by atoms with Gasteiger partial charge in [-0.05, 0) is 17.2 Å². The van der Waals surface area contributed by atoms with Crippen LogP contribution in [0.4, 0.5) is 0 Å². The number of hydrogen-bond acceptors (Lipinski definition) is 3. The number of H-pyrrole nitrogens is 1. The van der Waals surface area contributed by atoms with Crippen LogP contribution in [0.5, 0.6) is 0 Å². The van der Waals surface area contributed by atoms with Crippen molar-refractivity contribution in [1.82, 2.24) is 4.98 Å². The second kappa shape index (κ2) is 4.80. The lowest BCUT2D eigenvalue weighted by atomic mass is 10.1. The fourth-order valence-corrected chi connectivity index (χ4v) is 1.95. The molecule has 2 N–H and O–H groups in total. The monoisotopic (exact) mass is 247 g/mol. The lowest BCUT2D eigenvalue weighted by Crippen LogP contribution is -1.92. The predicted molar refractivity (Wildman–Crippen MR) is 67.0 cm³/mol. The smallest absolute Gasteiger partial charge is 0.328 e. The van der Waals surface area contributed by atoms with Gasteiger partial charge >= 0.3 is 10.8 Å². The second-order valence-corrected chi connectivity index (χ2v) is 4.20. The van der Waals surface area contributed by atoms with Crippen LogP contribution in [-0.4, -0.2) is 16.1 Å². The topological polar surface area (TPSA) is 70.2 Å². The number of thiazole rings is 1. The maximum atomic E-state index is 11.0. The van der Waals surface area contributed by atoms with E-state index in [0.29, 0.717) is 0 Å². The van der Waals surface area contributed by atoms with E-state index in [0.717, 1.165) is 34.2 Å². The minimum atomic E-state index is -0.976. The highest BCUT2D eigenvalue weighted by Gasteiger charge is 1.99. The van der Waals surface area contributed by atoms with Crippen molar-refractivity contribution in [3.8, 4) is 11.3 Å². The summed E-state index contributed by atoms with van der Waals surface area (Å²) in [7, 11) is 0. The molecule has 2 aromatic rings. The Kier molecular flexibility index (Phi) is 3.20. The van der Waals surface area contributed by atoms with Gasteiger partial charge in [-0.25, -0.2) is 4.79 Å². The van der Waals surface area contributed by atoms with Crippen LogP contribution >= 0.6 is 11.3 Å². The van der Waals surface area contributed by atoms with Crippen molar-refractivity contribution >= 4 is 23.4 Å². The van der Waals surface area contributed by atoms with Crippen LogP contribution < -0.4 is 4.87 Å². The molecule has 17 heavy (non-hydrogen) atoms. The zero-order valence-corrected chi connectivity index (χ0v) is 9.53. The van der Waals surface area contributed by atoms with Gasteiger partial charge in [-0.2, -0.15) is 0 Å². The first-order valence-corrected chi connectivity index (χ1v) is 5.72. The summed E-state index contributed by atoms with van der Waals surface area (Å²) in [5.74, 6) is -0.976. The van der Waals surface area contributed by atoms with E-state index in [-0.39, 0.29) is 4.87 Å². The van der Waals surface area contributed by atoms with Crippen LogP contribution in [-0.2, 0) is 4.79 Å². The number of carbonyl (C=O) groups is 1. The second-order valence-electron chi connectivity index (χ2n) is 3.36. The average Bonchev–Trinajstić information content (AvgIpc) is 2.74. The average molecular weight is 247 g/mol. The van der Waals surface area contributed by atoms with Crippen molar-refractivity contribution in [1.29, 1.82) is 0 Å². The predicted octanol–water partition coefficient (Wildman–Crippen LogP) is 2.20.